The van der Waals surface area contributed by atoms with Gasteiger partial charge in [-0.05, 0) is 28.7 Å². The fourth-order valence-corrected chi connectivity index (χ4v) is 4.48. The molecule has 1 aliphatic rings. The number of fused-ring (bicyclic) bond motifs is 3. The van der Waals surface area contributed by atoms with Gasteiger partial charge < -0.3 is 15.2 Å². The minimum atomic E-state index is -0.984. The molecular formula is C26H28N4O5. The van der Waals surface area contributed by atoms with E-state index in [0.29, 0.717) is 6.42 Å². The molecule has 1 aromatic heterocycles. The van der Waals surface area contributed by atoms with Gasteiger partial charge in [-0.3, -0.25) is 19.6 Å². The van der Waals surface area contributed by atoms with Crippen LogP contribution in [0, 0.1) is 0 Å². The molecule has 9 nitrogen and oxygen atoms in total. The van der Waals surface area contributed by atoms with E-state index in [1.54, 1.807) is 7.05 Å². The Hall–Kier alpha value is -4.14. The SMILES string of the molecule is CCC[C@H](CC(=O)O)NC(=O)c1cc(NC(=O)OCC2c3ccccc3-c3ccccc32)n(C)n1. The number of aryl methyl sites for hydroxylation is 1. The highest BCUT2D eigenvalue weighted by molar-refractivity contribution is 5.94. The number of benzene rings is 2. The van der Waals surface area contributed by atoms with Crippen molar-refractivity contribution in [3.05, 3.63) is 71.4 Å². The van der Waals surface area contributed by atoms with Crippen LogP contribution in [0.3, 0.4) is 0 Å². The molecule has 2 amide bonds. The van der Waals surface area contributed by atoms with Crippen LogP contribution in [0.2, 0.25) is 0 Å². The number of aliphatic carboxylic acids is 1. The molecule has 1 aliphatic carbocycles. The van der Waals surface area contributed by atoms with Crippen LogP contribution in [-0.2, 0) is 16.6 Å². The summed E-state index contributed by atoms with van der Waals surface area (Å²) in [6.07, 6.45) is 0.443. The Balaban J connectivity index is 1.39. The van der Waals surface area contributed by atoms with Crippen molar-refractivity contribution in [3.8, 4) is 11.1 Å². The number of carbonyl (C=O) groups is 3. The lowest BCUT2D eigenvalue weighted by Crippen LogP contribution is -2.36. The average molecular weight is 477 g/mol. The number of carboxylic acids is 1. The molecule has 0 saturated heterocycles. The quantitative estimate of drug-likeness (QED) is 0.426. The van der Waals surface area contributed by atoms with E-state index in [0.717, 1.165) is 28.7 Å². The Labute approximate surface area is 203 Å². The number of hydrogen-bond donors (Lipinski definition) is 3. The Morgan fingerprint density at radius 3 is 2.31 bits per heavy atom. The van der Waals surface area contributed by atoms with Gasteiger partial charge >= 0.3 is 12.1 Å². The van der Waals surface area contributed by atoms with Gasteiger partial charge in [0, 0.05) is 25.1 Å². The molecule has 0 saturated carbocycles. The summed E-state index contributed by atoms with van der Waals surface area (Å²) in [6, 6.07) is 17.1. The largest absolute Gasteiger partial charge is 0.481 e. The first-order chi connectivity index (χ1) is 16.9. The number of carbonyl (C=O) groups excluding carboxylic acids is 2. The Morgan fingerprint density at radius 2 is 1.71 bits per heavy atom. The normalized spacial score (nSPS) is 13.0. The Morgan fingerprint density at radius 1 is 1.09 bits per heavy atom. The van der Waals surface area contributed by atoms with E-state index < -0.39 is 24.0 Å². The number of rotatable bonds is 9. The zero-order valence-corrected chi connectivity index (χ0v) is 19.7. The highest BCUT2D eigenvalue weighted by atomic mass is 16.5. The summed E-state index contributed by atoms with van der Waals surface area (Å²) in [4.78, 5) is 36.2. The van der Waals surface area contributed by atoms with Crippen LogP contribution < -0.4 is 10.6 Å². The fourth-order valence-electron chi connectivity index (χ4n) is 4.48. The molecule has 3 N–H and O–H groups in total. The van der Waals surface area contributed by atoms with Crippen LogP contribution in [0.1, 0.15) is 53.7 Å². The topological polar surface area (TPSA) is 123 Å². The van der Waals surface area contributed by atoms with Gasteiger partial charge in [0.15, 0.2) is 5.69 Å². The number of nitrogens with zero attached hydrogens (tertiary/aromatic N) is 2. The number of anilines is 1. The summed E-state index contributed by atoms with van der Waals surface area (Å²) in [5, 5.41) is 18.5. The van der Waals surface area contributed by atoms with Crippen LogP contribution in [0.25, 0.3) is 11.1 Å². The highest BCUT2D eigenvalue weighted by Crippen LogP contribution is 2.44. The van der Waals surface area contributed by atoms with Gasteiger partial charge in [-0.25, -0.2) is 4.79 Å². The van der Waals surface area contributed by atoms with Crippen LogP contribution in [-0.4, -0.2) is 45.5 Å². The molecule has 0 aliphatic heterocycles. The van der Waals surface area contributed by atoms with E-state index in [-0.39, 0.29) is 30.5 Å². The number of aromatic nitrogens is 2. The third kappa shape index (κ3) is 5.34. The molecule has 4 rings (SSSR count). The third-order valence-electron chi connectivity index (χ3n) is 6.08. The second kappa shape index (κ2) is 10.4. The van der Waals surface area contributed by atoms with Gasteiger partial charge in [0.1, 0.15) is 12.4 Å². The number of ether oxygens (including phenoxy) is 1. The molecule has 3 aromatic rings. The van der Waals surface area contributed by atoms with Gasteiger partial charge in [-0.15, -0.1) is 0 Å². The summed E-state index contributed by atoms with van der Waals surface area (Å²) in [5.74, 6) is -1.26. The van der Waals surface area contributed by atoms with Crippen molar-refractivity contribution in [2.45, 2.75) is 38.1 Å². The van der Waals surface area contributed by atoms with Crippen LogP contribution in [0.4, 0.5) is 10.6 Å². The fraction of sp³-hybridized carbons (Fsp3) is 0.308. The molecule has 0 bridgehead atoms. The van der Waals surface area contributed by atoms with Crippen molar-refractivity contribution in [1.29, 1.82) is 0 Å². The molecule has 9 heteroatoms. The molecule has 1 heterocycles. The predicted molar refractivity (Wildman–Crippen MR) is 130 cm³/mol. The summed E-state index contributed by atoms with van der Waals surface area (Å²) in [5.41, 5.74) is 4.59. The summed E-state index contributed by atoms with van der Waals surface area (Å²) in [6.45, 7) is 2.08. The lowest BCUT2D eigenvalue weighted by Gasteiger charge is -2.15. The van der Waals surface area contributed by atoms with E-state index in [1.807, 2.05) is 43.3 Å². The van der Waals surface area contributed by atoms with E-state index in [1.165, 1.54) is 10.7 Å². The molecule has 0 spiro atoms. The average Bonchev–Trinajstić information content (AvgIpc) is 3.35. The molecule has 0 radical (unpaired) electrons. The minimum Gasteiger partial charge on any atom is -0.481 e. The smallest absolute Gasteiger partial charge is 0.412 e. The van der Waals surface area contributed by atoms with Gasteiger partial charge in [0.2, 0.25) is 0 Å². The minimum absolute atomic E-state index is 0.0641. The highest BCUT2D eigenvalue weighted by Gasteiger charge is 2.29. The third-order valence-corrected chi connectivity index (χ3v) is 6.08. The van der Waals surface area contributed by atoms with Crippen LogP contribution in [0.15, 0.2) is 54.6 Å². The summed E-state index contributed by atoms with van der Waals surface area (Å²) in [7, 11) is 1.59. The zero-order chi connectivity index (χ0) is 24.9. The number of nitrogens with one attached hydrogen (secondary N) is 2. The number of carboxylic acid groups (broad SMARTS) is 1. The van der Waals surface area contributed by atoms with Gasteiger partial charge in [-0.1, -0.05) is 61.9 Å². The van der Waals surface area contributed by atoms with Crippen molar-refractivity contribution >= 4 is 23.8 Å². The molecule has 0 unspecified atom stereocenters. The monoisotopic (exact) mass is 476 g/mol. The van der Waals surface area contributed by atoms with E-state index >= 15 is 0 Å². The van der Waals surface area contributed by atoms with Crippen molar-refractivity contribution in [1.82, 2.24) is 15.1 Å². The summed E-state index contributed by atoms with van der Waals surface area (Å²) < 4.78 is 6.92. The maximum Gasteiger partial charge on any atom is 0.412 e. The summed E-state index contributed by atoms with van der Waals surface area (Å²) >= 11 is 0. The van der Waals surface area contributed by atoms with E-state index in [2.05, 4.69) is 27.9 Å². The maximum absolute atomic E-state index is 12.6. The van der Waals surface area contributed by atoms with Crippen LogP contribution >= 0.6 is 0 Å². The van der Waals surface area contributed by atoms with Gasteiger partial charge in [-0.2, -0.15) is 5.10 Å². The lowest BCUT2D eigenvalue weighted by molar-refractivity contribution is -0.137. The Kier molecular flexibility index (Phi) is 7.14. The van der Waals surface area contributed by atoms with Gasteiger partial charge in [0.25, 0.3) is 5.91 Å². The molecule has 1 atom stereocenters. The molecule has 182 valence electrons. The standard InChI is InChI=1S/C26H28N4O5/c1-3-8-16(13-24(31)32)27-25(33)22-14-23(30(2)29-22)28-26(34)35-15-21-19-11-6-4-9-17(19)18-10-5-7-12-20(18)21/h4-7,9-12,14,16,21H,3,8,13,15H2,1-2H3,(H,27,33)(H,28,34)(H,31,32)/t16-/m1/s1. The predicted octanol–water partition coefficient (Wildman–Crippen LogP) is 4.15. The lowest BCUT2D eigenvalue weighted by atomic mass is 9.98. The van der Waals surface area contributed by atoms with Crippen molar-refractivity contribution in [2.75, 3.05) is 11.9 Å². The second-order valence-corrected chi connectivity index (χ2v) is 8.55. The van der Waals surface area contributed by atoms with Gasteiger partial charge in [0.05, 0.1) is 6.42 Å². The molecular weight excluding hydrogens is 448 g/mol. The van der Waals surface area contributed by atoms with Crippen molar-refractivity contribution in [3.63, 3.8) is 0 Å². The molecule has 35 heavy (non-hydrogen) atoms. The Bertz CT molecular complexity index is 1210. The second-order valence-electron chi connectivity index (χ2n) is 8.55. The molecule has 0 fully saturated rings. The van der Waals surface area contributed by atoms with Crippen molar-refractivity contribution in [2.24, 2.45) is 7.05 Å². The first-order valence-corrected chi connectivity index (χ1v) is 11.6. The first-order valence-electron chi connectivity index (χ1n) is 11.6. The number of amides is 2. The van der Waals surface area contributed by atoms with E-state index in [9.17, 15) is 14.4 Å². The molecule has 2 aromatic carbocycles. The maximum atomic E-state index is 12.6. The first kappa shape index (κ1) is 24.0. The van der Waals surface area contributed by atoms with Crippen LogP contribution in [0.5, 0.6) is 0 Å². The zero-order valence-electron chi connectivity index (χ0n) is 19.7. The van der Waals surface area contributed by atoms with E-state index in [4.69, 9.17) is 9.84 Å². The van der Waals surface area contributed by atoms with Crippen molar-refractivity contribution < 1.29 is 24.2 Å². The number of hydrogen-bond acceptors (Lipinski definition) is 5.